The first kappa shape index (κ1) is 22.8. The van der Waals surface area contributed by atoms with E-state index in [2.05, 4.69) is 10.3 Å². The highest BCUT2D eigenvalue weighted by molar-refractivity contribution is 6.01. The molecule has 3 atom stereocenters. The van der Waals surface area contributed by atoms with E-state index >= 15 is 0 Å². The fraction of sp³-hybridized carbons (Fsp3) is 0.200. The number of ether oxygens (including phenoxy) is 1. The lowest BCUT2D eigenvalue weighted by Gasteiger charge is -2.45. The van der Waals surface area contributed by atoms with Crippen LogP contribution in [0.5, 0.6) is 5.75 Å². The molecule has 1 fully saturated rings. The lowest BCUT2D eigenvalue weighted by molar-refractivity contribution is -0.166. The van der Waals surface area contributed by atoms with E-state index in [1.165, 1.54) is 24.3 Å². The van der Waals surface area contributed by atoms with Gasteiger partial charge >= 0.3 is 12.0 Å². The first-order valence-electron chi connectivity index (χ1n) is 10.7. The van der Waals surface area contributed by atoms with Crippen LogP contribution < -0.4 is 15.8 Å². The quantitative estimate of drug-likeness (QED) is 0.461. The van der Waals surface area contributed by atoms with Crippen molar-refractivity contribution in [2.24, 2.45) is 5.92 Å². The van der Waals surface area contributed by atoms with E-state index in [-0.39, 0.29) is 17.5 Å². The topological polar surface area (TPSA) is 135 Å². The van der Waals surface area contributed by atoms with Crippen molar-refractivity contribution >= 4 is 23.7 Å². The van der Waals surface area contributed by atoms with Crippen molar-refractivity contribution in [1.29, 1.82) is 0 Å². The predicted molar refractivity (Wildman–Crippen MR) is 124 cm³/mol. The van der Waals surface area contributed by atoms with Crippen LogP contribution in [0.4, 0.5) is 10.6 Å². The van der Waals surface area contributed by atoms with E-state index in [4.69, 9.17) is 15.6 Å². The third-order valence-electron chi connectivity index (χ3n) is 5.67. The minimum Gasteiger partial charge on any atom is -0.478 e. The maximum Gasteiger partial charge on any atom is 0.335 e. The minimum absolute atomic E-state index is 0.104. The zero-order chi connectivity index (χ0) is 24.2. The Kier molecular flexibility index (Phi) is 6.44. The number of aromatic carboxylic acids is 1. The molecule has 4 N–H and O–H groups in total. The van der Waals surface area contributed by atoms with Crippen molar-refractivity contribution in [2.75, 3.05) is 5.73 Å². The molecule has 4 rings (SSSR count). The maximum absolute atomic E-state index is 13.0. The van der Waals surface area contributed by atoms with Gasteiger partial charge in [-0.1, -0.05) is 30.3 Å². The standard InChI is InChI=1S/C25H24N4O5/c1-15(17-5-3-2-4-6-17)28-25(33)29-22(30)20(13-16-11-12-27-21(26)14-16)23(29)34-19-9-7-18(8-10-19)24(31)32/h2-12,14-15,20,23H,13H2,1H3,(H2,26,27)(H,28,33)(H,31,32)/t15-,20+,23-/m1/s1. The number of carboxylic acid groups (broad SMARTS) is 1. The largest absolute Gasteiger partial charge is 0.478 e. The Balaban J connectivity index is 1.54. The molecule has 1 aliphatic heterocycles. The number of benzene rings is 2. The van der Waals surface area contributed by atoms with E-state index < -0.39 is 24.1 Å². The van der Waals surface area contributed by atoms with Crippen molar-refractivity contribution in [3.05, 3.63) is 89.6 Å². The number of likely N-dealkylation sites (tertiary alicyclic amines) is 1. The van der Waals surface area contributed by atoms with Gasteiger partial charge in [0.15, 0.2) is 6.23 Å². The van der Waals surface area contributed by atoms with E-state index in [9.17, 15) is 14.4 Å². The van der Waals surface area contributed by atoms with Gasteiger partial charge in [0.1, 0.15) is 11.6 Å². The van der Waals surface area contributed by atoms with E-state index in [0.29, 0.717) is 18.0 Å². The first-order chi connectivity index (χ1) is 16.3. The number of carbonyl (C=O) groups is 3. The fourth-order valence-electron chi connectivity index (χ4n) is 3.83. The molecule has 1 aromatic heterocycles. The number of hydrogen-bond acceptors (Lipinski definition) is 6. The van der Waals surface area contributed by atoms with Crippen molar-refractivity contribution < 1.29 is 24.2 Å². The number of rotatable bonds is 7. The molecule has 34 heavy (non-hydrogen) atoms. The molecule has 2 heterocycles. The third kappa shape index (κ3) is 4.83. The number of pyridine rings is 1. The third-order valence-corrected chi connectivity index (χ3v) is 5.67. The van der Waals surface area contributed by atoms with Crippen LogP contribution in [0.3, 0.4) is 0 Å². The number of nitrogens with two attached hydrogens (primary N) is 1. The van der Waals surface area contributed by atoms with Gasteiger partial charge in [-0.25, -0.2) is 19.5 Å². The van der Waals surface area contributed by atoms with Crippen LogP contribution >= 0.6 is 0 Å². The highest BCUT2D eigenvalue weighted by atomic mass is 16.5. The monoisotopic (exact) mass is 460 g/mol. The number of aromatic nitrogens is 1. The van der Waals surface area contributed by atoms with Crippen LogP contribution in [-0.4, -0.2) is 39.1 Å². The normalized spacial score (nSPS) is 18.0. The number of nitrogens with one attached hydrogen (secondary N) is 1. The van der Waals surface area contributed by atoms with Crippen LogP contribution in [0.25, 0.3) is 0 Å². The highest BCUT2D eigenvalue weighted by Gasteiger charge is 2.52. The summed E-state index contributed by atoms with van der Waals surface area (Å²) in [6.45, 7) is 1.83. The van der Waals surface area contributed by atoms with Crippen molar-refractivity contribution in [3.63, 3.8) is 0 Å². The van der Waals surface area contributed by atoms with Gasteiger partial charge in [-0.05, 0) is 60.9 Å². The summed E-state index contributed by atoms with van der Waals surface area (Å²) < 4.78 is 6.00. The van der Waals surface area contributed by atoms with Gasteiger partial charge in [-0.2, -0.15) is 0 Å². The van der Waals surface area contributed by atoms with Gasteiger partial charge in [-0.3, -0.25) is 4.79 Å². The smallest absolute Gasteiger partial charge is 0.335 e. The molecule has 3 aromatic rings. The number of urea groups is 1. The molecule has 1 aliphatic rings. The van der Waals surface area contributed by atoms with Gasteiger partial charge in [-0.15, -0.1) is 0 Å². The minimum atomic E-state index is -1.06. The number of nitrogen functional groups attached to an aromatic ring is 1. The Morgan fingerprint density at radius 1 is 1.15 bits per heavy atom. The number of imide groups is 1. The Bertz CT molecular complexity index is 1200. The van der Waals surface area contributed by atoms with E-state index in [0.717, 1.165) is 16.0 Å². The first-order valence-corrected chi connectivity index (χ1v) is 10.7. The lowest BCUT2D eigenvalue weighted by Crippen LogP contribution is -2.68. The van der Waals surface area contributed by atoms with E-state index in [1.54, 1.807) is 18.3 Å². The number of carboxylic acids is 1. The number of amides is 3. The molecule has 1 saturated heterocycles. The second kappa shape index (κ2) is 9.62. The van der Waals surface area contributed by atoms with Crippen LogP contribution in [0.15, 0.2) is 72.9 Å². The lowest BCUT2D eigenvalue weighted by atomic mass is 9.89. The Hall–Kier alpha value is -4.40. The van der Waals surface area contributed by atoms with Crippen molar-refractivity contribution in [2.45, 2.75) is 25.6 Å². The number of β-lactam (4-membered cyclic amide) rings is 1. The molecule has 0 radical (unpaired) electrons. The second-order valence-corrected chi connectivity index (χ2v) is 8.03. The van der Waals surface area contributed by atoms with Crippen molar-refractivity contribution in [3.8, 4) is 5.75 Å². The van der Waals surface area contributed by atoms with Crippen molar-refractivity contribution in [1.82, 2.24) is 15.2 Å². The molecule has 0 saturated carbocycles. The van der Waals surface area contributed by atoms with Gasteiger partial charge in [0.2, 0.25) is 5.91 Å². The summed E-state index contributed by atoms with van der Waals surface area (Å²) in [5, 5.41) is 11.9. The summed E-state index contributed by atoms with van der Waals surface area (Å²) >= 11 is 0. The summed E-state index contributed by atoms with van der Waals surface area (Å²) in [5.74, 6) is -1.39. The molecule has 0 aliphatic carbocycles. The van der Waals surface area contributed by atoms with Gasteiger partial charge in [0, 0.05) is 6.20 Å². The Morgan fingerprint density at radius 2 is 1.85 bits per heavy atom. The SMILES string of the molecule is C[C@@H](NC(=O)N1C(=O)[C@H](Cc2ccnc(N)c2)[C@H]1Oc1ccc(C(=O)O)cc1)c1ccccc1. The molecule has 174 valence electrons. The average molecular weight is 460 g/mol. The predicted octanol–water partition coefficient (Wildman–Crippen LogP) is 3.24. The van der Waals surface area contributed by atoms with Crippen LogP contribution in [0.2, 0.25) is 0 Å². The molecule has 9 heteroatoms. The molecular formula is C25H24N4O5. The number of nitrogens with zero attached hydrogens (tertiary/aromatic N) is 2. The summed E-state index contributed by atoms with van der Waals surface area (Å²) in [6, 6.07) is 17.7. The summed E-state index contributed by atoms with van der Waals surface area (Å²) in [5.41, 5.74) is 7.55. The fourth-order valence-corrected chi connectivity index (χ4v) is 3.83. The van der Waals surface area contributed by atoms with E-state index in [1.807, 2.05) is 37.3 Å². The van der Waals surface area contributed by atoms with Gasteiger partial charge in [0.25, 0.3) is 0 Å². The van der Waals surface area contributed by atoms with Gasteiger partial charge in [0.05, 0.1) is 17.5 Å². The number of anilines is 1. The number of carbonyl (C=O) groups excluding carboxylic acids is 2. The Morgan fingerprint density at radius 3 is 2.50 bits per heavy atom. The zero-order valence-electron chi connectivity index (χ0n) is 18.4. The molecular weight excluding hydrogens is 436 g/mol. The highest BCUT2D eigenvalue weighted by Crippen LogP contribution is 2.33. The zero-order valence-corrected chi connectivity index (χ0v) is 18.4. The molecule has 0 bridgehead atoms. The molecule has 9 nitrogen and oxygen atoms in total. The summed E-state index contributed by atoms with van der Waals surface area (Å²) in [4.78, 5) is 42.2. The molecule has 0 spiro atoms. The Labute approximate surface area is 196 Å². The summed E-state index contributed by atoms with van der Waals surface area (Å²) in [6.07, 6.45) is 0.988. The molecule has 2 aromatic carbocycles. The van der Waals surface area contributed by atoms with Crippen LogP contribution in [-0.2, 0) is 11.2 Å². The molecule has 0 unspecified atom stereocenters. The van der Waals surface area contributed by atoms with Crippen LogP contribution in [0.1, 0.15) is 34.5 Å². The molecule has 3 amide bonds. The average Bonchev–Trinajstić information content (AvgIpc) is 2.83. The maximum atomic E-state index is 13.0. The van der Waals surface area contributed by atoms with Crippen LogP contribution in [0, 0.1) is 5.92 Å². The van der Waals surface area contributed by atoms with Gasteiger partial charge < -0.3 is 20.9 Å². The second-order valence-electron chi connectivity index (χ2n) is 8.03. The summed E-state index contributed by atoms with van der Waals surface area (Å²) in [7, 11) is 0. The number of hydrogen-bond donors (Lipinski definition) is 3.